The SMILES string of the molecule is CCC#CCC(C)[C@@H](O)C=C[C@H]1CC(F)(F)C(=O)N1CCc1ccc(C(=O)OC)cc1. The zero-order valence-corrected chi connectivity index (χ0v) is 18.1. The maximum Gasteiger partial charge on any atom is 0.337 e. The summed E-state index contributed by atoms with van der Waals surface area (Å²) in [5.41, 5.74) is 1.20. The van der Waals surface area contributed by atoms with Crippen molar-refractivity contribution in [1.29, 1.82) is 0 Å². The molecular formula is C24H29F2NO4. The highest BCUT2D eigenvalue weighted by molar-refractivity contribution is 5.89. The largest absolute Gasteiger partial charge is 0.465 e. The molecule has 0 aliphatic carbocycles. The fourth-order valence-electron chi connectivity index (χ4n) is 3.35. The summed E-state index contributed by atoms with van der Waals surface area (Å²) in [4.78, 5) is 24.8. The van der Waals surface area contributed by atoms with E-state index in [1.54, 1.807) is 24.3 Å². The van der Waals surface area contributed by atoms with Gasteiger partial charge in [0.1, 0.15) is 0 Å². The molecule has 31 heavy (non-hydrogen) atoms. The molecule has 0 spiro atoms. The summed E-state index contributed by atoms with van der Waals surface area (Å²) in [6.45, 7) is 3.88. The molecule has 1 fully saturated rings. The van der Waals surface area contributed by atoms with Gasteiger partial charge in [0, 0.05) is 25.8 Å². The summed E-state index contributed by atoms with van der Waals surface area (Å²) in [5, 5.41) is 10.3. The molecular weight excluding hydrogens is 404 g/mol. The van der Waals surface area contributed by atoms with Crippen LogP contribution in [0.25, 0.3) is 0 Å². The predicted molar refractivity (Wildman–Crippen MR) is 114 cm³/mol. The second-order valence-corrected chi connectivity index (χ2v) is 7.68. The fraction of sp³-hybridized carbons (Fsp3) is 0.500. The number of aliphatic hydroxyl groups excluding tert-OH is 1. The molecule has 0 saturated carbocycles. The van der Waals surface area contributed by atoms with Crippen LogP contribution in [0.2, 0.25) is 0 Å². The molecule has 5 nitrogen and oxygen atoms in total. The Balaban J connectivity index is 2.04. The molecule has 1 aliphatic rings. The monoisotopic (exact) mass is 433 g/mol. The lowest BCUT2D eigenvalue weighted by Crippen LogP contribution is -2.37. The van der Waals surface area contributed by atoms with Gasteiger partial charge in [-0.1, -0.05) is 38.1 Å². The molecule has 1 amide bonds. The Kier molecular flexibility index (Phi) is 8.76. The number of amides is 1. The number of carbonyl (C=O) groups excluding carboxylic acids is 2. The molecule has 7 heteroatoms. The molecule has 1 aromatic carbocycles. The van der Waals surface area contributed by atoms with E-state index in [4.69, 9.17) is 0 Å². The third kappa shape index (κ3) is 6.63. The number of methoxy groups -OCH3 is 1. The summed E-state index contributed by atoms with van der Waals surface area (Å²) in [6.07, 6.45) is 3.13. The number of hydrogen-bond acceptors (Lipinski definition) is 4. The van der Waals surface area contributed by atoms with Gasteiger partial charge in [0.05, 0.1) is 24.8 Å². The van der Waals surface area contributed by atoms with Gasteiger partial charge in [-0.15, -0.1) is 11.8 Å². The van der Waals surface area contributed by atoms with Crippen LogP contribution < -0.4 is 0 Å². The Labute approximate surface area is 182 Å². The van der Waals surface area contributed by atoms with E-state index in [0.29, 0.717) is 18.4 Å². The summed E-state index contributed by atoms with van der Waals surface area (Å²) in [6, 6.07) is 5.81. The Bertz CT molecular complexity index is 855. The van der Waals surface area contributed by atoms with Crippen molar-refractivity contribution >= 4 is 11.9 Å². The first-order valence-electron chi connectivity index (χ1n) is 10.4. The third-order valence-electron chi connectivity index (χ3n) is 5.30. The maximum atomic E-state index is 14.1. The minimum atomic E-state index is -3.42. The van der Waals surface area contributed by atoms with Gasteiger partial charge < -0.3 is 14.7 Å². The van der Waals surface area contributed by atoms with Crippen molar-refractivity contribution in [2.75, 3.05) is 13.7 Å². The van der Waals surface area contributed by atoms with Crippen LogP contribution in [0.3, 0.4) is 0 Å². The highest BCUT2D eigenvalue weighted by Gasteiger charge is 2.52. The van der Waals surface area contributed by atoms with Crippen molar-refractivity contribution in [2.24, 2.45) is 5.92 Å². The average molecular weight is 433 g/mol. The van der Waals surface area contributed by atoms with Crippen LogP contribution in [-0.2, 0) is 16.0 Å². The number of esters is 1. The smallest absolute Gasteiger partial charge is 0.337 e. The van der Waals surface area contributed by atoms with E-state index in [1.165, 1.54) is 19.3 Å². The Morgan fingerprint density at radius 3 is 2.65 bits per heavy atom. The van der Waals surface area contributed by atoms with Gasteiger partial charge in [0.15, 0.2) is 0 Å². The molecule has 1 unspecified atom stereocenters. The zero-order chi connectivity index (χ0) is 23.0. The van der Waals surface area contributed by atoms with Gasteiger partial charge in [-0.3, -0.25) is 4.79 Å². The highest BCUT2D eigenvalue weighted by Crippen LogP contribution is 2.34. The molecule has 2 rings (SSSR count). The first-order chi connectivity index (χ1) is 14.7. The van der Waals surface area contributed by atoms with E-state index in [9.17, 15) is 23.5 Å². The summed E-state index contributed by atoms with van der Waals surface area (Å²) in [5.74, 6) is 0.675. The van der Waals surface area contributed by atoms with Gasteiger partial charge in [-0.25, -0.2) is 4.79 Å². The van der Waals surface area contributed by atoms with Crippen LogP contribution in [0, 0.1) is 17.8 Å². The van der Waals surface area contributed by atoms with Crippen LogP contribution in [-0.4, -0.2) is 53.6 Å². The first-order valence-corrected chi connectivity index (χ1v) is 10.4. The quantitative estimate of drug-likeness (QED) is 0.386. The summed E-state index contributed by atoms with van der Waals surface area (Å²) < 4.78 is 32.8. The number of nitrogens with zero attached hydrogens (tertiary/aromatic N) is 1. The van der Waals surface area contributed by atoms with Crippen molar-refractivity contribution in [1.82, 2.24) is 4.90 Å². The first kappa shape index (κ1) is 24.5. The average Bonchev–Trinajstić information content (AvgIpc) is 2.98. The molecule has 1 aliphatic heterocycles. The number of likely N-dealkylation sites (tertiary alicyclic amines) is 1. The normalized spacial score (nSPS) is 19.7. The number of rotatable bonds is 8. The fourth-order valence-corrected chi connectivity index (χ4v) is 3.35. The van der Waals surface area contributed by atoms with Crippen molar-refractivity contribution in [2.45, 2.75) is 57.6 Å². The standard InChI is InChI=1S/C24H29F2NO4/c1-4-5-6-7-17(2)21(28)13-12-20-16-24(25,26)23(30)27(20)15-14-18-8-10-19(11-9-18)22(29)31-3/h8-13,17,20-21,28H,4,7,14-16H2,1-3H3/t17?,20-,21-/m0/s1. The number of alkyl halides is 2. The molecule has 0 aromatic heterocycles. The molecule has 3 atom stereocenters. The van der Waals surface area contributed by atoms with Gasteiger partial charge in [0.25, 0.3) is 5.91 Å². The van der Waals surface area contributed by atoms with Crippen molar-refractivity contribution in [3.63, 3.8) is 0 Å². The second kappa shape index (κ2) is 11.1. The number of aliphatic hydroxyl groups is 1. The minimum absolute atomic E-state index is 0.106. The summed E-state index contributed by atoms with van der Waals surface area (Å²) >= 11 is 0. The van der Waals surface area contributed by atoms with E-state index in [2.05, 4.69) is 16.6 Å². The summed E-state index contributed by atoms with van der Waals surface area (Å²) in [7, 11) is 1.29. The Hall–Kier alpha value is -2.72. The second-order valence-electron chi connectivity index (χ2n) is 7.68. The Morgan fingerprint density at radius 2 is 2.03 bits per heavy atom. The molecule has 0 bridgehead atoms. The minimum Gasteiger partial charge on any atom is -0.465 e. The van der Waals surface area contributed by atoms with Crippen LogP contribution in [0.5, 0.6) is 0 Å². The predicted octanol–water partition coefficient (Wildman–Crippen LogP) is 3.61. The molecule has 0 radical (unpaired) electrons. The van der Waals surface area contributed by atoms with Crippen LogP contribution in [0.1, 0.15) is 49.0 Å². The van der Waals surface area contributed by atoms with Crippen LogP contribution in [0.4, 0.5) is 8.78 Å². The zero-order valence-electron chi connectivity index (χ0n) is 18.1. The lowest BCUT2D eigenvalue weighted by molar-refractivity contribution is -0.148. The highest BCUT2D eigenvalue weighted by atomic mass is 19.3. The van der Waals surface area contributed by atoms with E-state index in [1.807, 2.05) is 13.8 Å². The van der Waals surface area contributed by atoms with Gasteiger partial charge in [0.2, 0.25) is 0 Å². The number of hydrogen-bond donors (Lipinski definition) is 1. The van der Waals surface area contributed by atoms with Crippen LogP contribution >= 0.6 is 0 Å². The van der Waals surface area contributed by atoms with Gasteiger partial charge in [-0.05, 0) is 30.0 Å². The Morgan fingerprint density at radius 1 is 1.35 bits per heavy atom. The molecule has 1 N–H and O–H groups in total. The van der Waals surface area contributed by atoms with Gasteiger partial charge in [-0.2, -0.15) is 8.78 Å². The van der Waals surface area contributed by atoms with E-state index in [0.717, 1.165) is 16.9 Å². The topological polar surface area (TPSA) is 66.8 Å². The van der Waals surface area contributed by atoms with Crippen molar-refractivity contribution in [3.05, 3.63) is 47.5 Å². The molecule has 1 aromatic rings. The maximum absolute atomic E-state index is 14.1. The molecule has 1 saturated heterocycles. The number of halogens is 2. The number of carbonyl (C=O) groups is 2. The number of ether oxygens (including phenoxy) is 1. The lowest BCUT2D eigenvalue weighted by atomic mass is 9.99. The van der Waals surface area contributed by atoms with Gasteiger partial charge >= 0.3 is 11.9 Å². The molecule has 168 valence electrons. The number of benzene rings is 1. The van der Waals surface area contributed by atoms with Crippen LogP contribution in [0.15, 0.2) is 36.4 Å². The third-order valence-corrected chi connectivity index (χ3v) is 5.30. The van der Waals surface area contributed by atoms with E-state index in [-0.39, 0.29) is 12.5 Å². The van der Waals surface area contributed by atoms with E-state index < -0.39 is 36.4 Å². The van der Waals surface area contributed by atoms with Crippen molar-refractivity contribution in [3.8, 4) is 11.8 Å². The van der Waals surface area contributed by atoms with Crippen molar-refractivity contribution < 1.29 is 28.2 Å². The molecule has 1 heterocycles. The lowest BCUT2D eigenvalue weighted by Gasteiger charge is -2.22. The van der Waals surface area contributed by atoms with E-state index >= 15 is 0 Å².